The van der Waals surface area contributed by atoms with Gasteiger partial charge < -0.3 is 14.4 Å². The molecule has 4 nitrogen and oxygen atoms in total. The number of benzene rings is 1. The summed E-state index contributed by atoms with van der Waals surface area (Å²) in [6, 6.07) is 6.24. The monoisotopic (exact) mass is 345 g/mol. The van der Waals surface area contributed by atoms with Crippen LogP contribution >= 0.6 is 0 Å². The molecule has 0 aromatic heterocycles. The Labute approximate surface area is 151 Å². The molecule has 4 heteroatoms. The molecule has 2 aliphatic rings. The molecule has 0 spiro atoms. The molecule has 1 aromatic rings. The van der Waals surface area contributed by atoms with Crippen LogP contribution in [-0.4, -0.2) is 42.7 Å². The van der Waals surface area contributed by atoms with Gasteiger partial charge >= 0.3 is 0 Å². The number of rotatable bonds is 6. The van der Waals surface area contributed by atoms with Gasteiger partial charge in [0.1, 0.15) is 5.75 Å². The second-order valence-corrected chi connectivity index (χ2v) is 7.90. The highest BCUT2D eigenvalue weighted by Gasteiger charge is 2.33. The van der Waals surface area contributed by atoms with E-state index >= 15 is 0 Å². The lowest BCUT2D eigenvalue weighted by molar-refractivity contribution is -0.144. The third-order valence-corrected chi connectivity index (χ3v) is 5.37. The molecule has 0 bridgehead atoms. The first-order valence-corrected chi connectivity index (χ1v) is 9.64. The van der Waals surface area contributed by atoms with Gasteiger partial charge in [-0.15, -0.1) is 0 Å². The van der Waals surface area contributed by atoms with Crippen molar-refractivity contribution in [3.63, 3.8) is 0 Å². The molecule has 138 valence electrons. The zero-order valence-corrected chi connectivity index (χ0v) is 15.8. The van der Waals surface area contributed by atoms with Crippen molar-refractivity contribution in [3.05, 3.63) is 29.3 Å². The van der Waals surface area contributed by atoms with Gasteiger partial charge in [-0.25, -0.2) is 0 Å². The Morgan fingerprint density at radius 1 is 1.24 bits per heavy atom. The standard InChI is InChI=1S/C21H31NO3/c1-21(2,25-19-11-10-16-7-6-8-17(16)15-19)20(23)22(3)13-12-18-9-4-5-14-24-18/h10-11,15,18H,4-9,12-14H2,1-3H3/t18-/m0/s1. The largest absolute Gasteiger partial charge is 0.478 e. The van der Waals surface area contributed by atoms with Crippen LogP contribution in [0.1, 0.15) is 57.1 Å². The van der Waals surface area contributed by atoms with Gasteiger partial charge in [0.15, 0.2) is 5.60 Å². The van der Waals surface area contributed by atoms with Crippen LogP contribution in [0.5, 0.6) is 5.75 Å². The van der Waals surface area contributed by atoms with Crippen molar-refractivity contribution in [1.29, 1.82) is 0 Å². The number of ether oxygens (including phenoxy) is 2. The number of nitrogens with zero attached hydrogens (tertiary/aromatic N) is 1. The molecule has 1 aliphatic heterocycles. The smallest absolute Gasteiger partial charge is 0.265 e. The van der Waals surface area contributed by atoms with Crippen LogP contribution in [0, 0.1) is 0 Å². The number of carbonyl (C=O) groups excluding carboxylic acids is 1. The van der Waals surface area contributed by atoms with Crippen LogP contribution in [0.15, 0.2) is 18.2 Å². The second kappa shape index (κ2) is 7.77. The van der Waals surface area contributed by atoms with Crippen molar-refractivity contribution in [2.75, 3.05) is 20.2 Å². The topological polar surface area (TPSA) is 38.8 Å². The molecule has 0 radical (unpaired) electrons. The fourth-order valence-electron chi connectivity index (χ4n) is 3.88. The first-order valence-electron chi connectivity index (χ1n) is 9.64. The highest BCUT2D eigenvalue weighted by molar-refractivity contribution is 5.84. The Morgan fingerprint density at radius 2 is 2.04 bits per heavy atom. The molecule has 25 heavy (non-hydrogen) atoms. The van der Waals surface area contributed by atoms with Gasteiger partial charge in [0.05, 0.1) is 6.10 Å². The minimum absolute atomic E-state index is 0.0174. The van der Waals surface area contributed by atoms with Crippen LogP contribution in [-0.2, 0) is 22.4 Å². The van der Waals surface area contributed by atoms with E-state index in [1.807, 2.05) is 27.0 Å². The Bertz CT molecular complexity index is 605. The lowest BCUT2D eigenvalue weighted by Gasteiger charge is -2.31. The number of aryl methyl sites for hydroxylation is 2. The molecule has 0 N–H and O–H groups in total. The number of amides is 1. The summed E-state index contributed by atoms with van der Waals surface area (Å²) in [6.07, 6.45) is 8.18. The van der Waals surface area contributed by atoms with E-state index in [2.05, 4.69) is 12.1 Å². The molecule has 1 aliphatic carbocycles. The number of carbonyl (C=O) groups is 1. The van der Waals surface area contributed by atoms with Crippen LogP contribution < -0.4 is 4.74 Å². The zero-order valence-electron chi connectivity index (χ0n) is 15.8. The Hall–Kier alpha value is -1.55. The van der Waals surface area contributed by atoms with Crippen LogP contribution in [0.2, 0.25) is 0 Å². The summed E-state index contributed by atoms with van der Waals surface area (Å²) >= 11 is 0. The second-order valence-electron chi connectivity index (χ2n) is 7.90. The van der Waals surface area contributed by atoms with Crippen molar-refractivity contribution in [3.8, 4) is 5.75 Å². The molecule has 0 saturated carbocycles. The van der Waals surface area contributed by atoms with Crippen LogP contribution in [0.25, 0.3) is 0 Å². The minimum Gasteiger partial charge on any atom is -0.478 e. The average Bonchev–Trinajstić information content (AvgIpc) is 3.07. The summed E-state index contributed by atoms with van der Waals surface area (Å²) in [5.74, 6) is 0.812. The van der Waals surface area contributed by atoms with Crippen molar-refractivity contribution in [1.82, 2.24) is 4.90 Å². The van der Waals surface area contributed by atoms with Crippen molar-refractivity contribution < 1.29 is 14.3 Å². The lowest BCUT2D eigenvalue weighted by atomic mass is 10.0. The van der Waals surface area contributed by atoms with E-state index in [-0.39, 0.29) is 5.91 Å². The number of fused-ring (bicyclic) bond motifs is 1. The highest BCUT2D eigenvalue weighted by Crippen LogP contribution is 2.28. The predicted molar refractivity (Wildman–Crippen MR) is 99.0 cm³/mol. The zero-order chi connectivity index (χ0) is 17.9. The van der Waals surface area contributed by atoms with E-state index in [9.17, 15) is 4.79 Å². The van der Waals surface area contributed by atoms with Gasteiger partial charge in [0, 0.05) is 20.2 Å². The van der Waals surface area contributed by atoms with Gasteiger partial charge in [-0.3, -0.25) is 4.79 Å². The quantitative estimate of drug-likeness (QED) is 0.788. The van der Waals surface area contributed by atoms with E-state index in [4.69, 9.17) is 9.47 Å². The fourth-order valence-corrected chi connectivity index (χ4v) is 3.88. The van der Waals surface area contributed by atoms with E-state index in [0.717, 1.165) is 44.5 Å². The molecule has 1 heterocycles. The Balaban J connectivity index is 1.55. The molecule has 3 rings (SSSR count). The van der Waals surface area contributed by atoms with Crippen molar-refractivity contribution in [2.45, 2.75) is 70.5 Å². The Kier molecular flexibility index (Phi) is 5.67. The summed E-state index contributed by atoms with van der Waals surface area (Å²) in [4.78, 5) is 14.6. The van der Waals surface area contributed by atoms with E-state index < -0.39 is 5.60 Å². The maximum absolute atomic E-state index is 12.8. The summed E-state index contributed by atoms with van der Waals surface area (Å²) in [7, 11) is 1.86. The third kappa shape index (κ3) is 4.55. The van der Waals surface area contributed by atoms with Gasteiger partial charge in [-0.2, -0.15) is 0 Å². The van der Waals surface area contributed by atoms with E-state index in [1.165, 1.54) is 24.0 Å². The maximum Gasteiger partial charge on any atom is 0.265 e. The third-order valence-electron chi connectivity index (χ3n) is 5.37. The lowest BCUT2D eigenvalue weighted by Crippen LogP contribution is -2.48. The average molecular weight is 345 g/mol. The summed E-state index contributed by atoms with van der Waals surface area (Å²) in [6.45, 7) is 5.28. The molecule has 0 unspecified atom stereocenters. The molecular weight excluding hydrogens is 314 g/mol. The van der Waals surface area contributed by atoms with Gasteiger partial charge in [0.2, 0.25) is 0 Å². The van der Waals surface area contributed by atoms with Gasteiger partial charge in [-0.1, -0.05) is 6.07 Å². The SMILES string of the molecule is CN(CC[C@@H]1CCCCO1)C(=O)C(C)(C)Oc1ccc2c(c1)CCC2. The Morgan fingerprint density at radius 3 is 2.80 bits per heavy atom. The first kappa shape index (κ1) is 18.2. The number of likely N-dealkylation sites (N-methyl/N-ethyl adjacent to an activating group) is 1. The van der Waals surface area contributed by atoms with E-state index in [0.29, 0.717) is 12.6 Å². The predicted octanol–water partition coefficient (Wildman–Crippen LogP) is 3.75. The molecule has 1 aromatic carbocycles. The molecule has 1 atom stereocenters. The number of hydrogen-bond donors (Lipinski definition) is 0. The molecular formula is C21H31NO3. The van der Waals surface area contributed by atoms with Gasteiger partial charge in [-0.05, 0) is 82.1 Å². The first-order chi connectivity index (χ1) is 12.0. The van der Waals surface area contributed by atoms with E-state index in [1.54, 1.807) is 4.90 Å². The maximum atomic E-state index is 12.8. The summed E-state index contributed by atoms with van der Waals surface area (Å²) < 4.78 is 11.8. The minimum atomic E-state index is -0.866. The normalized spacial score (nSPS) is 20.2. The molecule has 1 amide bonds. The van der Waals surface area contributed by atoms with Crippen LogP contribution in [0.3, 0.4) is 0 Å². The van der Waals surface area contributed by atoms with Crippen molar-refractivity contribution in [2.24, 2.45) is 0 Å². The molecule has 1 fully saturated rings. The van der Waals surface area contributed by atoms with Crippen molar-refractivity contribution >= 4 is 5.91 Å². The summed E-state index contributed by atoms with van der Waals surface area (Å²) in [5.41, 5.74) is 1.92. The fraction of sp³-hybridized carbons (Fsp3) is 0.667. The number of hydrogen-bond acceptors (Lipinski definition) is 3. The molecule has 1 saturated heterocycles. The summed E-state index contributed by atoms with van der Waals surface area (Å²) in [5, 5.41) is 0. The van der Waals surface area contributed by atoms with Gasteiger partial charge in [0.25, 0.3) is 5.91 Å². The highest BCUT2D eigenvalue weighted by atomic mass is 16.5. The van der Waals surface area contributed by atoms with Crippen LogP contribution in [0.4, 0.5) is 0 Å².